The first-order chi connectivity index (χ1) is 10.9. The molecular formula is C15H22ClN3O4S. The van der Waals surface area contributed by atoms with E-state index < -0.39 is 16.1 Å². The van der Waals surface area contributed by atoms with Gasteiger partial charge in [0.15, 0.2) is 0 Å². The van der Waals surface area contributed by atoms with Crippen LogP contribution in [0.25, 0.3) is 0 Å². The summed E-state index contributed by atoms with van der Waals surface area (Å²) in [6, 6.07) is 4.98. The molecule has 1 amide bonds. The molecule has 0 bridgehead atoms. The monoisotopic (exact) mass is 375 g/mol. The highest BCUT2D eigenvalue weighted by Crippen LogP contribution is 2.32. The van der Waals surface area contributed by atoms with Crippen LogP contribution in [0.5, 0.6) is 0 Å². The van der Waals surface area contributed by atoms with Crippen LogP contribution in [-0.4, -0.2) is 65.1 Å². The van der Waals surface area contributed by atoms with E-state index in [1.165, 1.54) is 18.4 Å². The second-order valence-electron chi connectivity index (χ2n) is 5.88. The van der Waals surface area contributed by atoms with Gasteiger partial charge in [0.25, 0.3) is 5.91 Å². The lowest BCUT2D eigenvalue weighted by Gasteiger charge is -2.27. The number of benzene rings is 1. The number of carbonyl (C=O) groups excluding carboxylic acids is 1. The summed E-state index contributed by atoms with van der Waals surface area (Å²) >= 11 is 0. The van der Waals surface area contributed by atoms with E-state index in [1.54, 1.807) is 23.1 Å². The van der Waals surface area contributed by atoms with E-state index in [1.807, 2.05) is 0 Å². The van der Waals surface area contributed by atoms with Crippen molar-refractivity contribution in [2.45, 2.75) is 17.4 Å². The number of morpholine rings is 1. The molecule has 0 saturated carbocycles. The number of halogens is 1. The van der Waals surface area contributed by atoms with Crippen LogP contribution in [0.1, 0.15) is 5.56 Å². The first-order valence-corrected chi connectivity index (χ1v) is 9.04. The Bertz CT molecular complexity index is 717. The van der Waals surface area contributed by atoms with Gasteiger partial charge in [0.2, 0.25) is 10.0 Å². The molecule has 24 heavy (non-hydrogen) atoms. The maximum Gasteiger partial charge on any atom is 0.257 e. The Labute approximate surface area is 148 Å². The van der Waals surface area contributed by atoms with Crippen molar-refractivity contribution in [1.82, 2.24) is 9.62 Å². The van der Waals surface area contributed by atoms with Gasteiger partial charge in [-0.3, -0.25) is 4.79 Å². The number of carbonyl (C=O) groups is 1. The molecule has 1 aromatic carbocycles. The molecular weight excluding hydrogens is 354 g/mol. The summed E-state index contributed by atoms with van der Waals surface area (Å²) < 4.78 is 31.3. The summed E-state index contributed by atoms with van der Waals surface area (Å²) in [5.41, 5.74) is 1.66. The Morgan fingerprint density at radius 2 is 2.12 bits per heavy atom. The number of nitrogens with one attached hydrogen (secondary N) is 1. The van der Waals surface area contributed by atoms with Gasteiger partial charge < -0.3 is 15.0 Å². The molecule has 0 spiro atoms. The van der Waals surface area contributed by atoms with Gasteiger partial charge in [-0.1, -0.05) is 6.07 Å². The number of amides is 1. The van der Waals surface area contributed by atoms with Crippen molar-refractivity contribution in [2.24, 2.45) is 0 Å². The molecule has 2 heterocycles. The van der Waals surface area contributed by atoms with Crippen molar-refractivity contribution in [3.63, 3.8) is 0 Å². The zero-order chi connectivity index (χ0) is 16.6. The number of sulfonamides is 1. The Balaban J connectivity index is 0.00000208. The fourth-order valence-corrected chi connectivity index (χ4v) is 3.78. The number of hydrogen-bond acceptors (Lipinski definition) is 5. The Hall–Kier alpha value is -1.19. The molecule has 7 nitrogen and oxygen atoms in total. The molecule has 1 N–H and O–H groups in total. The van der Waals surface area contributed by atoms with E-state index in [0.717, 1.165) is 18.5 Å². The van der Waals surface area contributed by atoms with Crippen LogP contribution in [0.3, 0.4) is 0 Å². The highest BCUT2D eigenvalue weighted by Gasteiger charge is 2.33. The molecule has 2 aliphatic heterocycles. The summed E-state index contributed by atoms with van der Waals surface area (Å²) in [5.74, 6) is -0.115. The predicted octanol–water partition coefficient (Wildman–Crippen LogP) is 0.236. The maximum absolute atomic E-state index is 12.7. The fraction of sp³-hybridized carbons (Fsp3) is 0.533. The first kappa shape index (κ1) is 19.1. The number of hydrogen-bond donors (Lipinski definition) is 1. The SMILES string of the molecule is CN(C)S(=O)(=O)c1ccc2c(c1)N(C(=O)C1CNCCO1)CC2.Cl. The molecule has 3 rings (SSSR count). The van der Waals surface area contributed by atoms with E-state index in [2.05, 4.69) is 5.32 Å². The maximum atomic E-state index is 12.7. The Morgan fingerprint density at radius 1 is 1.38 bits per heavy atom. The number of fused-ring (bicyclic) bond motifs is 1. The van der Waals surface area contributed by atoms with Gasteiger partial charge in [0, 0.05) is 39.4 Å². The molecule has 0 aromatic heterocycles. The van der Waals surface area contributed by atoms with Crippen LogP contribution in [0.2, 0.25) is 0 Å². The molecule has 9 heteroatoms. The highest BCUT2D eigenvalue weighted by atomic mass is 35.5. The summed E-state index contributed by atoms with van der Waals surface area (Å²) in [6.07, 6.45) is 0.215. The van der Waals surface area contributed by atoms with Crippen molar-refractivity contribution in [2.75, 3.05) is 45.2 Å². The van der Waals surface area contributed by atoms with Crippen molar-refractivity contribution in [3.05, 3.63) is 23.8 Å². The number of rotatable bonds is 3. The average molecular weight is 376 g/mol. The van der Waals surface area contributed by atoms with E-state index in [4.69, 9.17) is 4.74 Å². The standard InChI is InChI=1S/C15H21N3O4S.ClH/c1-17(2)23(20,21)12-4-3-11-5-7-18(13(11)9-12)15(19)14-10-16-6-8-22-14;/h3-4,9,14,16H,5-8,10H2,1-2H3;1H. The van der Waals surface area contributed by atoms with Gasteiger partial charge >= 0.3 is 0 Å². The van der Waals surface area contributed by atoms with Gasteiger partial charge in [0.05, 0.1) is 11.5 Å². The molecule has 1 aromatic rings. The molecule has 0 radical (unpaired) electrons. The molecule has 1 fully saturated rings. The van der Waals surface area contributed by atoms with Crippen LogP contribution in [0, 0.1) is 0 Å². The van der Waals surface area contributed by atoms with Gasteiger partial charge in [0.1, 0.15) is 6.10 Å². The van der Waals surface area contributed by atoms with E-state index in [9.17, 15) is 13.2 Å². The van der Waals surface area contributed by atoms with Crippen LogP contribution >= 0.6 is 12.4 Å². The minimum Gasteiger partial charge on any atom is -0.366 e. The summed E-state index contributed by atoms with van der Waals surface area (Å²) in [6.45, 7) is 2.29. The lowest BCUT2D eigenvalue weighted by molar-refractivity contribution is -0.131. The molecule has 0 aliphatic carbocycles. The number of anilines is 1. The van der Waals surface area contributed by atoms with Gasteiger partial charge in [-0.15, -0.1) is 12.4 Å². The number of ether oxygens (including phenoxy) is 1. The highest BCUT2D eigenvalue weighted by molar-refractivity contribution is 7.89. The number of nitrogens with zero attached hydrogens (tertiary/aromatic N) is 2. The third kappa shape index (κ3) is 3.43. The smallest absolute Gasteiger partial charge is 0.257 e. The second-order valence-corrected chi connectivity index (χ2v) is 8.03. The van der Waals surface area contributed by atoms with Crippen molar-refractivity contribution in [1.29, 1.82) is 0 Å². The van der Waals surface area contributed by atoms with Crippen molar-refractivity contribution in [3.8, 4) is 0 Å². The van der Waals surface area contributed by atoms with Crippen LogP contribution in [0.4, 0.5) is 5.69 Å². The van der Waals surface area contributed by atoms with Crippen LogP contribution < -0.4 is 10.2 Å². The largest absolute Gasteiger partial charge is 0.366 e. The third-order valence-corrected chi connectivity index (χ3v) is 6.01. The van der Waals surface area contributed by atoms with Gasteiger partial charge in [-0.05, 0) is 24.1 Å². The normalized spacial score (nSPS) is 20.6. The topological polar surface area (TPSA) is 79.0 Å². The minimum absolute atomic E-state index is 0. The summed E-state index contributed by atoms with van der Waals surface area (Å²) in [4.78, 5) is 14.5. The van der Waals surface area contributed by atoms with Gasteiger partial charge in [-0.25, -0.2) is 12.7 Å². The van der Waals surface area contributed by atoms with Crippen LogP contribution in [0.15, 0.2) is 23.1 Å². The molecule has 1 atom stereocenters. The Kier molecular flexibility index (Phi) is 5.87. The Morgan fingerprint density at radius 3 is 2.75 bits per heavy atom. The van der Waals surface area contributed by atoms with E-state index in [0.29, 0.717) is 25.4 Å². The minimum atomic E-state index is -3.52. The lowest BCUT2D eigenvalue weighted by atomic mass is 10.2. The quantitative estimate of drug-likeness (QED) is 0.818. The van der Waals surface area contributed by atoms with Crippen molar-refractivity contribution >= 4 is 34.0 Å². The zero-order valence-electron chi connectivity index (χ0n) is 13.7. The fourth-order valence-electron chi connectivity index (χ4n) is 2.86. The third-order valence-electron chi connectivity index (χ3n) is 4.20. The van der Waals surface area contributed by atoms with E-state index in [-0.39, 0.29) is 23.2 Å². The zero-order valence-corrected chi connectivity index (χ0v) is 15.3. The second kappa shape index (κ2) is 7.37. The average Bonchev–Trinajstić information content (AvgIpc) is 2.97. The molecule has 2 aliphatic rings. The van der Waals surface area contributed by atoms with Gasteiger partial charge in [-0.2, -0.15) is 0 Å². The van der Waals surface area contributed by atoms with E-state index >= 15 is 0 Å². The molecule has 134 valence electrons. The predicted molar refractivity (Wildman–Crippen MR) is 93.2 cm³/mol. The molecule has 1 saturated heterocycles. The molecule has 1 unspecified atom stereocenters. The first-order valence-electron chi connectivity index (χ1n) is 7.60. The van der Waals surface area contributed by atoms with Crippen molar-refractivity contribution < 1.29 is 17.9 Å². The summed E-state index contributed by atoms with van der Waals surface area (Å²) in [5, 5.41) is 3.14. The summed E-state index contributed by atoms with van der Waals surface area (Å²) in [7, 11) is -0.535. The lowest BCUT2D eigenvalue weighted by Crippen LogP contribution is -2.49. The van der Waals surface area contributed by atoms with Crippen LogP contribution in [-0.2, 0) is 26.0 Å².